The highest BCUT2D eigenvalue weighted by Crippen LogP contribution is 2.50. The van der Waals surface area contributed by atoms with Crippen LogP contribution in [0.15, 0.2) is 93.7 Å². The van der Waals surface area contributed by atoms with E-state index < -0.39 is 0 Å². The molecule has 5 aromatic heterocycles. The fourth-order valence-corrected chi connectivity index (χ4v) is 11.8. The Bertz CT molecular complexity index is 2270. The van der Waals surface area contributed by atoms with Crippen molar-refractivity contribution in [2.24, 2.45) is 0 Å². The van der Waals surface area contributed by atoms with Crippen molar-refractivity contribution in [3.8, 4) is 19.5 Å². The molecule has 0 atom stereocenters. The third kappa shape index (κ3) is 4.23. The Morgan fingerprint density at radius 2 is 0.633 bits per heavy atom. The molecule has 13 heteroatoms. The van der Waals surface area contributed by atoms with Gasteiger partial charge in [0.15, 0.2) is 0 Å². The Hall–Kier alpha value is -4.66. The SMILES string of the molecule is CN1C(=O)C2=C(c3ccc(-c4ccc(-c5ccc(C6=C7C(=O)N(C)C(c8cccs8)=C7C(=O)N6C)s5)s4)s3)N(C)C(=O)C2=C1c1cccs1. The maximum absolute atomic E-state index is 13.5. The Balaban J connectivity index is 1.05. The molecular weight excluding hydrogens is 713 g/mol. The van der Waals surface area contributed by atoms with Crippen LogP contribution in [0.1, 0.15) is 19.5 Å². The fourth-order valence-electron chi connectivity index (χ4n) is 6.83. The third-order valence-corrected chi connectivity index (χ3v) is 14.6. The lowest BCUT2D eigenvalue weighted by Gasteiger charge is -2.18. The van der Waals surface area contributed by atoms with Gasteiger partial charge in [0.05, 0.1) is 64.6 Å². The van der Waals surface area contributed by atoms with E-state index in [0.29, 0.717) is 45.1 Å². The number of carbonyl (C=O) groups excluding carboxylic acids is 4. The minimum atomic E-state index is -0.171. The summed E-state index contributed by atoms with van der Waals surface area (Å²) in [5.41, 5.74) is 4.49. The van der Waals surface area contributed by atoms with Gasteiger partial charge in [0.1, 0.15) is 0 Å². The molecule has 0 aliphatic carbocycles. The Labute approximate surface area is 301 Å². The molecule has 4 aliphatic heterocycles. The van der Waals surface area contributed by atoms with Gasteiger partial charge in [-0.15, -0.1) is 56.7 Å². The van der Waals surface area contributed by atoms with E-state index in [0.717, 1.165) is 39.0 Å². The zero-order valence-corrected chi connectivity index (χ0v) is 30.5. The van der Waals surface area contributed by atoms with Gasteiger partial charge in [0, 0.05) is 47.7 Å². The van der Waals surface area contributed by atoms with E-state index in [1.165, 1.54) is 22.7 Å². The van der Waals surface area contributed by atoms with Gasteiger partial charge in [-0.05, 0) is 59.3 Å². The van der Waals surface area contributed by atoms with Gasteiger partial charge in [-0.25, -0.2) is 0 Å². The molecule has 0 spiro atoms. The summed E-state index contributed by atoms with van der Waals surface area (Å²) in [6.45, 7) is 0. The number of thiophene rings is 5. The monoisotopic (exact) mass is 736 g/mol. The van der Waals surface area contributed by atoms with E-state index in [1.54, 1.807) is 81.8 Å². The maximum atomic E-state index is 13.5. The molecule has 9 heterocycles. The minimum Gasteiger partial charge on any atom is -0.309 e. The Kier molecular flexibility index (Phi) is 6.78. The quantitative estimate of drug-likeness (QED) is 0.181. The van der Waals surface area contributed by atoms with Crippen LogP contribution in [0, 0.1) is 0 Å². The van der Waals surface area contributed by atoms with E-state index >= 15 is 0 Å². The summed E-state index contributed by atoms with van der Waals surface area (Å²) in [5, 5.41) is 3.89. The number of nitrogens with zero attached hydrogens (tertiary/aromatic N) is 4. The van der Waals surface area contributed by atoms with Gasteiger partial charge in [-0.3, -0.25) is 19.2 Å². The zero-order valence-electron chi connectivity index (χ0n) is 26.4. The Morgan fingerprint density at radius 3 is 0.918 bits per heavy atom. The lowest BCUT2D eigenvalue weighted by molar-refractivity contribution is -0.123. The predicted molar refractivity (Wildman–Crippen MR) is 198 cm³/mol. The molecule has 0 fully saturated rings. The molecule has 0 N–H and O–H groups in total. The summed E-state index contributed by atoms with van der Waals surface area (Å²) in [6, 6.07) is 19.9. The first kappa shape index (κ1) is 30.4. The van der Waals surface area contributed by atoms with Gasteiger partial charge >= 0.3 is 0 Å². The number of amides is 4. The second kappa shape index (κ2) is 10.9. The first-order chi connectivity index (χ1) is 23.7. The predicted octanol–water partition coefficient (Wildman–Crippen LogP) is 7.46. The average molecular weight is 737 g/mol. The van der Waals surface area contributed by atoms with Gasteiger partial charge < -0.3 is 19.6 Å². The smallest absolute Gasteiger partial charge is 0.261 e. The van der Waals surface area contributed by atoms with Gasteiger partial charge in [0.2, 0.25) is 0 Å². The molecule has 242 valence electrons. The molecule has 0 saturated heterocycles. The van der Waals surface area contributed by atoms with Crippen molar-refractivity contribution in [2.75, 3.05) is 28.2 Å². The molecule has 49 heavy (non-hydrogen) atoms. The van der Waals surface area contributed by atoms with E-state index in [2.05, 4.69) is 12.1 Å². The van der Waals surface area contributed by atoms with Crippen LogP contribution >= 0.6 is 56.7 Å². The van der Waals surface area contributed by atoms with Crippen LogP contribution in [0.4, 0.5) is 0 Å². The number of hydrogen-bond donors (Lipinski definition) is 0. The van der Waals surface area contributed by atoms with Crippen LogP contribution in [0.25, 0.3) is 42.3 Å². The van der Waals surface area contributed by atoms with Crippen molar-refractivity contribution < 1.29 is 19.2 Å². The van der Waals surface area contributed by atoms with Crippen LogP contribution in [0.5, 0.6) is 0 Å². The standard InChI is InChI=1S/C36H24N4O4S5/c1-37-29(21-7-5-15-45-21)25-27(35(37)43)31(39(3)33(25)41)23-13-11-19(48-23)17-9-10-18(47-17)20-12-14-24(49-20)32-28-26(34(42)40(32)4)30(38(2)36(28)44)22-8-6-16-46-22/h5-16H,1-4H3. The van der Waals surface area contributed by atoms with E-state index in [4.69, 9.17) is 0 Å². The minimum absolute atomic E-state index is 0.171. The normalized spacial score (nSPS) is 17.9. The van der Waals surface area contributed by atoms with Crippen molar-refractivity contribution in [3.63, 3.8) is 0 Å². The molecule has 8 nitrogen and oxygen atoms in total. The zero-order chi connectivity index (χ0) is 33.9. The molecule has 4 aliphatic rings. The van der Waals surface area contributed by atoms with E-state index in [1.807, 2.05) is 59.3 Å². The summed E-state index contributed by atoms with van der Waals surface area (Å²) in [7, 11) is 6.92. The summed E-state index contributed by atoms with van der Waals surface area (Å²) in [4.78, 5) is 68.2. The van der Waals surface area contributed by atoms with Gasteiger partial charge in [0.25, 0.3) is 23.6 Å². The molecule has 0 unspecified atom stereocenters. The number of fused-ring (bicyclic) bond motifs is 2. The summed E-state index contributed by atoms with van der Waals surface area (Å²) in [6.07, 6.45) is 0. The molecule has 0 aromatic carbocycles. The number of hydrogen-bond acceptors (Lipinski definition) is 9. The third-order valence-electron chi connectivity index (χ3n) is 9.14. The summed E-state index contributed by atoms with van der Waals surface area (Å²) >= 11 is 7.79. The van der Waals surface area contributed by atoms with Crippen LogP contribution in [0.3, 0.4) is 0 Å². The van der Waals surface area contributed by atoms with E-state index in [-0.39, 0.29) is 23.6 Å². The highest BCUT2D eigenvalue weighted by molar-refractivity contribution is 7.27. The lowest BCUT2D eigenvalue weighted by atomic mass is 10.1. The molecule has 9 rings (SSSR count). The highest BCUT2D eigenvalue weighted by Gasteiger charge is 2.48. The molecule has 0 saturated carbocycles. The number of likely N-dealkylation sites (N-methyl/N-ethyl adjacent to an activating group) is 4. The van der Waals surface area contributed by atoms with Crippen LogP contribution < -0.4 is 0 Å². The first-order valence-electron chi connectivity index (χ1n) is 15.1. The molecule has 0 radical (unpaired) electrons. The lowest BCUT2D eigenvalue weighted by Crippen LogP contribution is -2.24. The maximum Gasteiger partial charge on any atom is 0.261 e. The van der Waals surface area contributed by atoms with Crippen molar-refractivity contribution in [3.05, 3.63) is 113 Å². The second-order valence-electron chi connectivity index (χ2n) is 11.8. The number of rotatable bonds is 6. The summed E-state index contributed by atoms with van der Waals surface area (Å²) < 4.78 is 0. The van der Waals surface area contributed by atoms with Crippen LogP contribution in [0.2, 0.25) is 0 Å². The first-order valence-corrected chi connectivity index (χ1v) is 19.4. The average Bonchev–Trinajstić information content (AvgIpc) is 3.93. The van der Waals surface area contributed by atoms with Crippen molar-refractivity contribution >= 4 is 103 Å². The van der Waals surface area contributed by atoms with Crippen LogP contribution in [-0.4, -0.2) is 71.4 Å². The second-order valence-corrected chi connectivity index (χ2v) is 16.9. The topological polar surface area (TPSA) is 81.2 Å². The summed E-state index contributed by atoms with van der Waals surface area (Å²) in [5.74, 6) is -0.686. The van der Waals surface area contributed by atoms with Crippen molar-refractivity contribution in [1.29, 1.82) is 0 Å². The number of carbonyl (C=O) groups is 4. The van der Waals surface area contributed by atoms with Gasteiger partial charge in [-0.1, -0.05) is 12.1 Å². The molecular formula is C36H24N4O4S5. The van der Waals surface area contributed by atoms with Gasteiger partial charge in [-0.2, -0.15) is 0 Å². The van der Waals surface area contributed by atoms with Crippen LogP contribution in [-0.2, 0) is 19.2 Å². The fraction of sp³-hybridized carbons (Fsp3) is 0.111. The largest absolute Gasteiger partial charge is 0.309 e. The Morgan fingerprint density at radius 1 is 0.367 bits per heavy atom. The van der Waals surface area contributed by atoms with Crippen molar-refractivity contribution in [1.82, 2.24) is 19.6 Å². The molecule has 4 amide bonds. The molecule has 0 bridgehead atoms. The molecule has 5 aromatic rings. The highest BCUT2D eigenvalue weighted by atomic mass is 32.1. The van der Waals surface area contributed by atoms with E-state index in [9.17, 15) is 19.2 Å². The van der Waals surface area contributed by atoms with Crippen molar-refractivity contribution in [2.45, 2.75) is 0 Å².